The summed E-state index contributed by atoms with van der Waals surface area (Å²) in [4.78, 5) is 15.6. The van der Waals surface area contributed by atoms with Crippen LogP contribution >= 0.6 is 0 Å². The van der Waals surface area contributed by atoms with E-state index in [0.717, 1.165) is 10.6 Å². The van der Waals surface area contributed by atoms with E-state index in [2.05, 4.69) is 4.98 Å². The molecule has 2 rings (SSSR count). The predicted molar refractivity (Wildman–Crippen MR) is 49.3 cm³/mol. The molecule has 0 amide bonds. The molecule has 0 bridgehead atoms. The topological polar surface area (TPSA) is 60.4 Å². The van der Waals surface area contributed by atoms with Gasteiger partial charge in [-0.05, 0) is 12.1 Å². The predicted octanol–water partition coefficient (Wildman–Crippen LogP) is 0.292. The molecule has 2 aromatic heterocycles. The van der Waals surface area contributed by atoms with Crippen molar-refractivity contribution in [2.24, 2.45) is 5.73 Å². The fourth-order valence-electron chi connectivity index (χ4n) is 1.23. The highest BCUT2D eigenvalue weighted by Gasteiger charge is 2.03. The molecule has 0 fully saturated rings. The Morgan fingerprint density at radius 2 is 2.29 bits per heavy atom. The van der Waals surface area contributed by atoms with Crippen LogP contribution in [-0.2, 0) is 6.54 Å². The van der Waals surface area contributed by atoms with Gasteiger partial charge in [0.25, 0.3) is 5.56 Å². The number of pyridine rings is 1. The average Bonchev–Trinajstić information content (AvgIpc) is 2.20. The summed E-state index contributed by atoms with van der Waals surface area (Å²) in [5.74, 6) is -0.476. The van der Waals surface area contributed by atoms with Gasteiger partial charge < -0.3 is 5.73 Å². The highest BCUT2D eigenvalue weighted by atomic mass is 19.1. The Bertz CT molecular complexity index is 535. The Morgan fingerprint density at radius 3 is 3.00 bits per heavy atom. The van der Waals surface area contributed by atoms with Gasteiger partial charge in [0.2, 0.25) is 0 Å². The third-order valence-electron chi connectivity index (χ3n) is 1.96. The molecular formula is C9H8FN3O. The molecule has 0 radical (unpaired) electrons. The molecule has 14 heavy (non-hydrogen) atoms. The van der Waals surface area contributed by atoms with Crippen molar-refractivity contribution < 1.29 is 4.39 Å². The Morgan fingerprint density at radius 1 is 1.50 bits per heavy atom. The summed E-state index contributed by atoms with van der Waals surface area (Å²) in [6, 6.07) is 2.70. The molecule has 2 aromatic rings. The molecule has 0 unspecified atom stereocenters. The Kier molecular flexibility index (Phi) is 2.01. The number of nitrogens with zero attached hydrogens (tertiary/aromatic N) is 2. The van der Waals surface area contributed by atoms with Gasteiger partial charge in [0, 0.05) is 24.5 Å². The Balaban J connectivity index is 2.87. The lowest BCUT2D eigenvalue weighted by Gasteiger charge is -2.01. The zero-order valence-electron chi connectivity index (χ0n) is 7.27. The molecule has 0 saturated heterocycles. The normalized spacial score (nSPS) is 10.7. The lowest BCUT2D eigenvalue weighted by molar-refractivity contribution is 0.617. The monoisotopic (exact) mass is 193 g/mol. The van der Waals surface area contributed by atoms with Gasteiger partial charge in [0.05, 0.1) is 0 Å². The van der Waals surface area contributed by atoms with Gasteiger partial charge in [0.1, 0.15) is 11.5 Å². The number of hydrogen-bond acceptors (Lipinski definition) is 3. The van der Waals surface area contributed by atoms with Gasteiger partial charge >= 0.3 is 0 Å². The van der Waals surface area contributed by atoms with Crippen LogP contribution in [0, 0.1) is 5.82 Å². The number of rotatable bonds is 1. The molecule has 72 valence electrons. The fourth-order valence-corrected chi connectivity index (χ4v) is 1.23. The van der Waals surface area contributed by atoms with Crippen molar-refractivity contribution in [3.05, 3.63) is 46.3 Å². The zero-order valence-corrected chi connectivity index (χ0v) is 7.27. The Labute approximate surface area is 78.8 Å². The van der Waals surface area contributed by atoms with Crippen molar-refractivity contribution in [3.63, 3.8) is 0 Å². The van der Waals surface area contributed by atoms with Crippen LogP contribution in [0.2, 0.25) is 0 Å². The summed E-state index contributed by atoms with van der Waals surface area (Å²) in [5.41, 5.74) is 5.79. The van der Waals surface area contributed by atoms with E-state index in [4.69, 9.17) is 5.73 Å². The van der Waals surface area contributed by atoms with Crippen molar-refractivity contribution in [2.45, 2.75) is 6.54 Å². The number of nitrogens with two attached hydrogens (primary N) is 1. The van der Waals surface area contributed by atoms with Crippen LogP contribution in [0.3, 0.4) is 0 Å². The fraction of sp³-hybridized carbons (Fsp3) is 0.111. The van der Waals surface area contributed by atoms with E-state index in [1.165, 1.54) is 18.3 Å². The van der Waals surface area contributed by atoms with Crippen LogP contribution in [0.1, 0.15) is 5.56 Å². The van der Waals surface area contributed by atoms with E-state index in [0.29, 0.717) is 11.2 Å². The largest absolute Gasteiger partial charge is 0.326 e. The van der Waals surface area contributed by atoms with Gasteiger partial charge in [-0.25, -0.2) is 9.37 Å². The lowest BCUT2D eigenvalue weighted by atomic mass is 10.3. The van der Waals surface area contributed by atoms with Gasteiger partial charge in [-0.1, -0.05) is 0 Å². The molecule has 2 N–H and O–H groups in total. The van der Waals surface area contributed by atoms with Crippen molar-refractivity contribution in [3.8, 4) is 0 Å². The third-order valence-corrected chi connectivity index (χ3v) is 1.96. The number of halogens is 1. The minimum absolute atomic E-state index is 0.102. The van der Waals surface area contributed by atoms with Crippen LogP contribution in [0.4, 0.5) is 4.39 Å². The second kappa shape index (κ2) is 3.19. The summed E-state index contributed by atoms with van der Waals surface area (Å²) >= 11 is 0. The molecule has 5 heteroatoms. The lowest BCUT2D eigenvalue weighted by Crippen LogP contribution is -2.21. The highest BCUT2D eigenvalue weighted by molar-refractivity contribution is 5.37. The molecule has 0 saturated carbocycles. The molecule has 4 nitrogen and oxygen atoms in total. The maximum Gasteiger partial charge on any atom is 0.262 e. The molecule has 0 aliphatic rings. The summed E-state index contributed by atoms with van der Waals surface area (Å²) in [7, 11) is 0. The second-order valence-corrected chi connectivity index (χ2v) is 2.87. The van der Waals surface area contributed by atoms with Crippen molar-refractivity contribution in [1.29, 1.82) is 0 Å². The van der Waals surface area contributed by atoms with Gasteiger partial charge in [-0.15, -0.1) is 0 Å². The Hall–Kier alpha value is -1.75. The van der Waals surface area contributed by atoms with Crippen LogP contribution in [0.25, 0.3) is 5.65 Å². The quantitative estimate of drug-likeness (QED) is 0.708. The van der Waals surface area contributed by atoms with E-state index in [9.17, 15) is 9.18 Å². The second-order valence-electron chi connectivity index (χ2n) is 2.87. The minimum atomic E-state index is -0.476. The van der Waals surface area contributed by atoms with Crippen LogP contribution < -0.4 is 11.3 Å². The third kappa shape index (κ3) is 1.27. The first-order valence-electron chi connectivity index (χ1n) is 4.08. The number of fused-ring (bicyclic) bond motifs is 1. The minimum Gasteiger partial charge on any atom is -0.326 e. The van der Waals surface area contributed by atoms with Crippen LogP contribution in [0.5, 0.6) is 0 Å². The molecule has 0 aromatic carbocycles. The van der Waals surface area contributed by atoms with Gasteiger partial charge in [0.15, 0.2) is 0 Å². The van der Waals surface area contributed by atoms with Crippen molar-refractivity contribution >= 4 is 5.65 Å². The summed E-state index contributed by atoms with van der Waals surface area (Å²) in [6.45, 7) is 0.102. The first kappa shape index (κ1) is 8.83. The summed E-state index contributed by atoms with van der Waals surface area (Å²) < 4.78 is 14.0. The molecule has 0 atom stereocenters. The maximum absolute atomic E-state index is 12.8. The maximum atomic E-state index is 12.8. The molecule has 0 aliphatic heterocycles. The number of aromatic nitrogens is 2. The first-order valence-corrected chi connectivity index (χ1v) is 4.08. The molecule has 0 spiro atoms. The van der Waals surface area contributed by atoms with Crippen molar-refractivity contribution in [1.82, 2.24) is 9.38 Å². The standard InChI is InChI=1S/C9H8FN3O/c10-7-1-2-8-12-4-6(3-11)9(14)13(8)5-7/h1-2,4-5H,3,11H2. The molecule has 2 heterocycles. The van der Waals surface area contributed by atoms with E-state index >= 15 is 0 Å². The van der Waals surface area contributed by atoms with Gasteiger partial charge in [-0.3, -0.25) is 9.20 Å². The SMILES string of the molecule is NCc1cnc2ccc(F)cn2c1=O. The average molecular weight is 193 g/mol. The van der Waals surface area contributed by atoms with Crippen LogP contribution in [0.15, 0.2) is 29.3 Å². The van der Waals surface area contributed by atoms with E-state index < -0.39 is 5.82 Å². The van der Waals surface area contributed by atoms with Crippen molar-refractivity contribution in [2.75, 3.05) is 0 Å². The van der Waals surface area contributed by atoms with E-state index in [1.807, 2.05) is 0 Å². The summed E-state index contributed by atoms with van der Waals surface area (Å²) in [5, 5.41) is 0. The van der Waals surface area contributed by atoms with Gasteiger partial charge in [-0.2, -0.15) is 0 Å². The zero-order chi connectivity index (χ0) is 10.1. The first-order chi connectivity index (χ1) is 6.72. The van der Waals surface area contributed by atoms with Crippen LogP contribution in [-0.4, -0.2) is 9.38 Å². The summed E-state index contributed by atoms with van der Waals surface area (Å²) in [6.07, 6.45) is 2.51. The highest BCUT2D eigenvalue weighted by Crippen LogP contribution is 2.00. The number of hydrogen-bond donors (Lipinski definition) is 1. The van der Waals surface area contributed by atoms with E-state index in [-0.39, 0.29) is 12.1 Å². The molecular weight excluding hydrogens is 185 g/mol. The van der Waals surface area contributed by atoms with E-state index in [1.54, 1.807) is 0 Å². The smallest absolute Gasteiger partial charge is 0.262 e. The molecule has 0 aliphatic carbocycles.